The van der Waals surface area contributed by atoms with Crippen LogP contribution in [-0.2, 0) is 21.3 Å². The number of methoxy groups -OCH3 is 1. The van der Waals surface area contributed by atoms with Crippen LogP contribution in [0.1, 0.15) is 37.5 Å². The van der Waals surface area contributed by atoms with Gasteiger partial charge in [-0.15, -0.1) is 11.3 Å². The largest absolute Gasteiger partial charge is 0.377 e. The lowest BCUT2D eigenvalue weighted by Gasteiger charge is -2.40. The maximum absolute atomic E-state index is 12.3. The number of sulfonamides is 1. The zero-order chi connectivity index (χ0) is 15.3. The van der Waals surface area contributed by atoms with E-state index in [9.17, 15) is 8.42 Å². The summed E-state index contributed by atoms with van der Waals surface area (Å²) in [6, 6.07) is 1.75. The van der Waals surface area contributed by atoms with Crippen molar-refractivity contribution < 1.29 is 13.2 Å². The highest BCUT2D eigenvalue weighted by Crippen LogP contribution is 2.34. The molecular weight excluding hydrogens is 308 g/mol. The first-order valence-corrected chi connectivity index (χ1v) is 9.70. The molecule has 1 fully saturated rings. The van der Waals surface area contributed by atoms with E-state index in [1.807, 2.05) is 0 Å². The van der Waals surface area contributed by atoms with E-state index in [-0.39, 0.29) is 5.60 Å². The van der Waals surface area contributed by atoms with E-state index < -0.39 is 10.0 Å². The number of rotatable bonds is 9. The minimum absolute atomic E-state index is 0.297. The molecule has 0 aliphatic heterocycles. The fourth-order valence-electron chi connectivity index (χ4n) is 2.32. The van der Waals surface area contributed by atoms with Crippen LogP contribution in [0.4, 0.5) is 0 Å². The van der Waals surface area contributed by atoms with Crippen LogP contribution in [0.2, 0.25) is 0 Å². The molecule has 1 aliphatic rings. The van der Waals surface area contributed by atoms with Gasteiger partial charge in [-0.1, -0.05) is 6.92 Å². The lowest BCUT2D eigenvalue weighted by molar-refractivity contribution is -0.0659. The van der Waals surface area contributed by atoms with Crippen LogP contribution in [0.15, 0.2) is 16.3 Å². The first-order chi connectivity index (χ1) is 10.0. The molecule has 120 valence electrons. The SMILES string of the molecule is CCCNCc1cc(S(=O)(=O)NCC2(OC)CCC2)cs1. The third-order valence-electron chi connectivity index (χ3n) is 3.95. The summed E-state index contributed by atoms with van der Waals surface area (Å²) in [4.78, 5) is 1.39. The Labute approximate surface area is 131 Å². The molecule has 2 rings (SSSR count). The Bertz CT molecular complexity index is 545. The van der Waals surface area contributed by atoms with Crippen LogP contribution in [0, 0.1) is 0 Å². The van der Waals surface area contributed by atoms with E-state index in [1.165, 1.54) is 11.3 Å². The Morgan fingerprint density at radius 3 is 2.76 bits per heavy atom. The van der Waals surface area contributed by atoms with E-state index in [2.05, 4.69) is 17.0 Å². The van der Waals surface area contributed by atoms with Crippen molar-refractivity contribution >= 4 is 21.4 Å². The quantitative estimate of drug-likeness (QED) is 0.680. The molecule has 0 bridgehead atoms. The molecule has 7 heteroatoms. The maximum Gasteiger partial charge on any atom is 0.241 e. The Morgan fingerprint density at radius 2 is 2.19 bits per heavy atom. The van der Waals surface area contributed by atoms with Gasteiger partial charge in [-0.3, -0.25) is 0 Å². The van der Waals surface area contributed by atoms with Gasteiger partial charge >= 0.3 is 0 Å². The predicted octanol–water partition coefficient (Wildman–Crippen LogP) is 2.10. The second kappa shape index (κ2) is 7.19. The Kier molecular flexibility index (Phi) is 5.79. The Morgan fingerprint density at radius 1 is 1.43 bits per heavy atom. The molecule has 0 amide bonds. The van der Waals surface area contributed by atoms with E-state index in [0.29, 0.717) is 11.4 Å². The molecule has 2 N–H and O–H groups in total. The average Bonchev–Trinajstić information content (AvgIpc) is 2.88. The fourth-order valence-corrected chi connectivity index (χ4v) is 4.68. The topological polar surface area (TPSA) is 67.4 Å². The van der Waals surface area contributed by atoms with E-state index in [0.717, 1.165) is 43.6 Å². The van der Waals surface area contributed by atoms with Gasteiger partial charge < -0.3 is 10.1 Å². The molecule has 5 nitrogen and oxygen atoms in total. The lowest BCUT2D eigenvalue weighted by atomic mass is 9.80. The van der Waals surface area contributed by atoms with E-state index in [1.54, 1.807) is 18.6 Å². The Balaban J connectivity index is 1.93. The predicted molar refractivity (Wildman–Crippen MR) is 85.1 cm³/mol. The molecular formula is C14H24N2O3S2. The number of hydrogen-bond donors (Lipinski definition) is 2. The second-order valence-electron chi connectivity index (χ2n) is 5.49. The number of ether oxygens (including phenoxy) is 1. The van der Waals surface area contributed by atoms with Gasteiger partial charge in [0.1, 0.15) is 0 Å². The summed E-state index contributed by atoms with van der Waals surface area (Å²) in [5.74, 6) is 0. The first-order valence-electron chi connectivity index (χ1n) is 7.34. The van der Waals surface area contributed by atoms with Crippen molar-refractivity contribution in [1.29, 1.82) is 0 Å². The van der Waals surface area contributed by atoms with Crippen LogP contribution in [0.3, 0.4) is 0 Å². The van der Waals surface area contributed by atoms with Crippen molar-refractivity contribution in [3.63, 3.8) is 0 Å². The number of hydrogen-bond acceptors (Lipinski definition) is 5. The summed E-state index contributed by atoms with van der Waals surface area (Å²) >= 11 is 1.47. The Hall–Kier alpha value is -0.470. The molecule has 1 aliphatic carbocycles. The highest BCUT2D eigenvalue weighted by molar-refractivity contribution is 7.89. The molecule has 0 saturated heterocycles. The summed E-state index contributed by atoms with van der Waals surface area (Å²) < 4.78 is 32.7. The molecule has 0 aromatic carbocycles. The minimum Gasteiger partial charge on any atom is -0.377 e. The van der Waals surface area contributed by atoms with Crippen molar-refractivity contribution in [2.24, 2.45) is 0 Å². The van der Waals surface area contributed by atoms with E-state index >= 15 is 0 Å². The van der Waals surface area contributed by atoms with Gasteiger partial charge in [-0.2, -0.15) is 0 Å². The zero-order valence-electron chi connectivity index (χ0n) is 12.6. The van der Waals surface area contributed by atoms with Crippen molar-refractivity contribution in [1.82, 2.24) is 10.0 Å². The first kappa shape index (κ1) is 16.9. The van der Waals surface area contributed by atoms with Crippen LogP contribution >= 0.6 is 11.3 Å². The van der Waals surface area contributed by atoms with Gasteiger partial charge in [0.15, 0.2) is 0 Å². The lowest BCUT2D eigenvalue weighted by Crippen LogP contribution is -2.49. The fraction of sp³-hybridized carbons (Fsp3) is 0.714. The molecule has 1 aromatic heterocycles. The van der Waals surface area contributed by atoms with Gasteiger partial charge in [0, 0.05) is 30.5 Å². The summed E-state index contributed by atoms with van der Waals surface area (Å²) in [5, 5.41) is 4.97. The van der Waals surface area contributed by atoms with Crippen LogP contribution < -0.4 is 10.0 Å². The third kappa shape index (κ3) is 4.26. The molecule has 1 heterocycles. The summed E-state index contributed by atoms with van der Waals surface area (Å²) in [7, 11) is -1.79. The van der Waals surface area contributed by atoms with Crippen LogP contribution in [-0.4, -0.2) is 34.2 Å². The molecule has 1 saturated carbocycles. The van der Waals surface area contributed by atoms with Gasteiger partial charge in [-0.05, 0) is 38.3 Å². The number of nitrogens with one attached hydrogen (secondary N) is 2. The monoisotopic (exact) mass is 332 g/mol. The average molecular weight is 332 g/mol. The van der Waals surface area contributed by atoms with Crippen molar-refractivity contribution in [2.75, 3.05) is 20.2 Å². The summed E-state index contributed by atoms with van der Waals surface area (Å²) in [6.07, 6.45) is 4.00. The smallest absolute Gasteiger partial charge is 0.241 e. The van der Waals surface area contributed by atoms with Gasteiger partial charge in [-0.25, -0.2) is 13.1 Å². The highest BCUT2D eigenvalue weighted by atomic mass is 32.2. The van der Waals surface area contributed by atoms with Gasteiger partial charge in [0.25, 0.3) is 0 Å². The van der Waals surface area contributed by atoms with Crippen molar-refractivity contribution in [3.8, 4) is 0 Å². The van der Waals surface area contributed by atoms with Crippen molar-refractivity contribution in [2.45, 2.75) is 49.6 Å². The third-order valence-corrected chi connectivity index (χ3v) is 6.41. The van der Waals surface area contributed by atoms with E-state index in [4.69, 9.17) is 4.74 Å². The second-order valence-corrected chi connectivity index (χ2v) is 8.25. The zero-order valence-corrected chi connectivity index (χ0v) is 14.3. The minimum atomic E-state index is -3.44. The normalized spacial score (nSPS) is 17.6. The molecule has 0 unspecified atom stereocenters. The standard InChI is InChI=1S/C14H24N2O3S2/c1-3-7-15-9-12-8-13(10-20-12)21(17,18)16-11-14(19-2)5-4-6-14/h8,10,15-16H,3-7,9,11H2,1-2H3. The highest BCUT2D eigenvalue weighted by Gasteiger charge is 2.38. The maximum atomic E-state index is 12.3. The van der Waals surface area contributed by atoms with Crippen molar-refractivity contribution in [3.05, 3.63) is 16.3 Å². The molecule has 0 spiro atoms. The molecule has 1 aromatic rings. The van der Waals surface area contributed by atoms with Crippen LogP contribution in [0.25, 0.3) is 0 Å². The van der Waals surface area contributed by atoms with Gasteiger partial charge in [0.2, 0.25) is 10.0 Å². The summed E-state index contributed by atoms with van der Waals surface area (Å²) in [6.45, 7) is 4.11. The number of thiophene rings is 1. The van der Waals surface area contributed by atoms with Crippen LogP contribution in [0.5, 0.6) is 0 Å². The molecule has 0 atom stereocenters. The molecule has 0 radical (unpaired) electrons. The molecule has 21 heavy (non-hydrogen) atoms. The summed E-state index contributed by atoms with van der Waals surface area (Å²) in [5.41, 5.74) is -0.297. The van der Waals surface area contributed by atoms with Gasteiger partial charge in [0.05, 0.1) is 10.5 Å².